The van der Waals surface area contributed by atoms with Gasteiger partial charge in [0.15, 0.2) is 0 Å². The van der Waals surface area contributed by atoms with E-state index in [0.29, 0.717) is 6.42 Å². The zero-order valence-electron chi connectivity index (χ0n) is 10.2. The van der Waals surface area contributed by atoms with E-state index in [4.69, 9.17) is 0 Å². The van der Waals surface area contributed by atoms with Gasteiger partial charge in [0.25, 0.3) is 0 Å². The van der Waals surface area contributed by atoms with Crippen molar-refractivity contribution in [2.24, 2.45) is 0 Å². The Kier molecular flexibility index (Phi) is 4.98. The predicted octanol–water partition coefficient (Wildman–Crippen LogP) is 0.517. The van der Waals surface area contributed by atoms with Crippen molar-refractivity contribution in [1.82, 2.24) is 20.4 Å². The first kappa shape index (κ1) is 12.7. The number of rotatable bonds is 6. The Bertz CT molecular complexity index is 334. The van der Waals surface area contributed by atoms with Crippen LogP contribution >= 0.6 is 0 Å². The van der Waals surface area contributed by atoms with Crippen LogP contribution in [0.2, 0.25) is 0 Å². The molecule has 0 aliphatic carbocycles. The molecule has 0 bridgehead atoms. The Hall–Kier alpha value is -1.36. The van der Waals surface area contributed by atoms with Crippen LogP contribution in [0, 0.1) is 0 Å². The highest BCUT2D eigenvalue weighted by Gasteiger charge is 2.07. The minimum Gasteiger partial charge on any atom is -0.359 e. The zero-order chi connectivity index (χ0) is 12.0. The topological polar surface area (TPSA) is 59.0 Å². The third-order valence-electron chi connectivity index (χ3n) is 2.44. The van der Waals surface area contributed by atoms with Gasteiger partial charge in [-0.2, -0.15) is 5.10 Å². The van der Waals surface area contributed by atoms with Gasteiger partial charge in [0, 0.05) is 44.4 Å². The van der Waals surface area contributed by atoms with Crippen molar-refractivity contribution in [2.75, 3.05) is 7.05 Å². The summed E-state index contributed by atoms with van der Waals surface area (Å²) in [7, 11) is 1.65. The van der Waals surface area contributed by atoms with Crippen molar-refractivity contribution >= 4 is 5.91 Å². The number of aryl methyl sites for hydroxylation is 1. The molecule has 1 unspecified atom stereocenters. The molecule has 0 saturated heterocycles. The second-order valence-electron chi connectivity index (χ2n) is 3.86. The van der Waals surface area contributed by atoms with E-state index in [1.807, 2.05) is 24.0 Å². The lowest BCUT2D eigenvalue weighted by Gasteiger charge is -2.11. The average Bonchev–Trinajstić information content (AvgIpc) is 2.74. The number of carbonyl (C=O) groups excluding carboxylic acids is 1. The fourth-order valence-corrected chi connectivity index (χ4v) is 1.42. The highest BCUT2D eigenvalue weighted by atomic mass is 16.1. The smallest absolute Gasteiger partial charge is 0.221 e. The van der Waals surface area contributed by atoms with Crippen molar-refractivity contribution in [3.63, 3.8) is 0 Å². The molecule has 0 spiro atoms. The minimum atomic E-state index is 0.0595. The van der Waals surface area contributed by atoms with Crippen LogP contribution in [-0.4, -0.2) is 28.8 Å². The number of aromatic nitrogens is 2. The molecule has 16 heavy (non-hydrogen) atoms. The first-order valence-corrected chi connectivity index (χ1v) is 5.61. The van der Waals surface area contributed by atoms with Gasteiger partial charge in [0.1, 0.15) is 0 Å². The maximum Gasteiger partial charge on any atom is 0.221 e. The number of carbonyl (C=O) groups is 1. The Balaban J connectivity index is 2.31. The normalized spacial score (nSPS) is 12.4. The van der Waals surface area contributed by atoms with Gasteiger partial charge in [-0.25, -0.2) is 0 Å². The van der Waals surface area contributed by atoms with Crippen LogP contribution in [0.3, 0.4) is 0 Å². The monoisotopic (exact) mass is 224 g/mol. The summed E-state index contributed by atoms with van der Waals surface area (Å²) < 4.78 is 1.89. The fraction of sp³-hybridized carbons (Fsp3) is 0.636. The van der Waals surface area contributed by atoms with Crippen LogP contribution in [0.25, 0.3) is 0 Å². The lowest BCUT2D eigenvalue weighted by atomic mass is 10.2. The minimum absolute atomic E-state index is 0.0595. The molecule has 1 heterocycles. The quantitative estimate of drug-likeness (QED) is 0.740. The summed E-state index contributed by atoms with van der Waals surface area (Å²) >= 11 is 0. The maximum absolute atomic E-state index is 11.1. The van der Waals surface area contributed by atoms with E-state index >= 15 is 0 Å². The molecule has 90 valence electrons. The highest BCUT2D eigenvalue weighted by Crippen LogP contribution is 1.99. The molecular formula is C11H20N4O. The summed E-state index contributed by atoms with van der Waals surface area (Å²) in [5.41, 5.74) is 1.14. The SMILES string of the molecule is CCn1cc(CNC(C)CC(=O)NC)cn1. The van der Waals surface area contributed by atoms with Crippen LogP contribution in [0.4, 0.5) is 0 Å². The van der Waals surface area contributed by atoms with Gasteiger partial charge in [-0.1, -0.05) is 0 Å². The van der Waals surface area contributed by atoms with Crippen LogP contribution in [0.5, 0.6) is 0 Å². The number of hydrogen-bond donors (Lipinski definition) is 2. The number of amides is 1. The lowest BCUT2D eigenvalue weighted by molar-refractivity contribution is -0.121. The molecular weight excluding hydrogens is 204 g/mol. The summed E-state index contributed by atoms with van der Waals surface area (Å²) in [6.45, 7) is 5.68. The molecule has 1 rings (SSSR count). The van der Waals surface area contributed by atoms with E-state index in [0.717, 1.165) is 18.7 Å². The Morgan fingerprint density at radius 3 is 2.94 bits per heavy atom. The van der Waals surface area contributed by atoms with Gasteiger partial charge in [-0.05, 0) is 13.8 Å². The number of hydrogen-bond acceptors (Lipinski definition) is 3. The fourth-order valence-electron chi connectivity index (χ4n) is 1.42. The Morgan fingerprint density at radius 2 is 2.38 bits per heavy atom. The molecule has 5 nitrogen and oxygen atoms in total. The average molecular weight is 224 g/mol. The first-order chi connectivity index (χ1) is 7.65. The van der Waals surface area contributed by atoms with Gasteiger partial charge >= 0.3 is 0 Å². The summed E-state index contributed by atoms with van der Waals surface area (Å²) in [5, 5.41) is 10.1. The second-order valence-corrected chi connectivity index (χ2v) is 3.86. The Labute approximate surface area is 96.2 Å². The van der Waals surface area contributed by atoms with E-state index in [-0.39, 0.29) is 11.9 Å². The lowest BCUT2D eigenvalue weighted by Crippen LogP contribution is -2.31. The van der Waals surface area contributed by atoms with Crippen molar-refractivity contribution in [3.05, 3.63) is 18.0 Å². The molecule has 5 heteroatoms. The Morgan fingerprint density at radius 1 is 1.62 bits per heavy atom. The van der Waals surface area contributed by atoms with Crippen molar-refractivity contribution in [3.8, 4) is 0 Å². The molecule has 1 amide bonds. The molecule has 0 saturated carbocycles. The maximum atomic E-state index is 11.1. The summed E-state index contributed by atoms with van der Waals surface area (Å²) in [4.78, 5) is 11.1. The van der Waals surface area contributed by atoms with Gasteiger partial charge in [-0.3, -0.25) is 9.48 Å². The van der Waals surface area contributed by atoms with Crippen LogP contribution in [0.15, 0.2) is 12.4 Å². The molecule has 0 radical (unpaired) electrons. The van der Waals surface area contributed by atoms with E-state index in [1.165, 1.54) is 0 Å². The molecule has 0 fully saturated rings. The van der Waals surface area contributed by atoms with Gasteiger partial charge in [0.05, 0.1) is 6.20 Å². The summed E-state index contributed by atoms with van der Waals surface area (Å²) in [5.74, 6) is 0.0595. The molecule has 1 atom stereocenters. The van der Waals surface area contributed by atoms with E-state index < -0.39 is 0 Å². The van der Waals surface area contributed by atoms with Crippen LogP contribution in [-0.2, 0) is 17.9 Å². The molecule has 1 aromatic rings. The van der Waals surface area contributed by atoms with Crippen molar-refractivity contribution < 1.29 is 4.79 Å². The molecule has 0 aromatic carbocycles. The molecule has 1 aromatic heterocycles. The van der Waals surface area contributed by atoms with Gasteiger partial charge < -0.3 is 10.6 Å². The van der Waals surface area contributed by atoms with Crippen LogP contribution in [0.1, 0.15) is 25.8 Å². The first-order valence-electron chi connectivity index (χ1n) is 5.61. The van der Waals surface area contributed by atoms with Gasteiger partial charge in [-0.15, -0.1) is 0 Å². The largest absolute Gasteiger partial charge is 0.359 e. The predicted molar refractivity (Wildman–Crippen MR) is 62.9 cm³/mol. The zero-order valence-corrected chi connectivity index (χ0v) is 10.2. The van der Waals surface area contributed by atoms with Crippen LogP contribution < -0.4 is 10.6 Å². The van der Waals surface area contributed by atoms with Gasteiger partial charge in [0.2, 0.25) is 5.91 Å². The van der Waals surface area contributed by atoms with Crippen molar-refractivity contribution in [1.29, 1.82) is 0 Å². The molecule has 0 aliphatic rings. The second kappa shape index (κ2) is 6.27. The number of nitrogens with zero attached hydrogens (tertiary/aromatic N) is 2. The van der Waals surface area contributed by atoms with E-state index in [1.54, 1.807) is 7.05 Å². The van der Waals surface area contributed by atoms with E-state index in [2.05, 4.69) is 22.7 Å². The highest BCUT2D eigenvalue weighted by molar-refractivity contribution is 5.76. The van der Waals surface area contributed by atoms with Crippen molar-refractivity contribution in [2.45, 2.75) is 39.4 Å². The number of nitrogens with one attached hydrogen (secondary N) is 2. The third kappa shape index (κ3) is 4.02. The molecule has 0 aliphatic heterocycles. The summed E-state index contributed by atoms with van der Waals surface area (Å²) in [6.07, 6.45) is 4.36. The third-order valence-corrected chi connectivity index (χ3v) is 2.44. The van der Waals surface area contributed by atoms with E-state index in [9.17, 15) is 4.79 Å². The molecule has 2 N–H and O–H groups in total. The summed E-state index contributed by atoms with van der Waals surface area (Å²) in [6, 6.07) is 0.171. The standard InChI is InChI=1S/C11H20N4O/c1-4-15-8-10(7-14-15)6-13-9(2)5-11(16)12-3/h7-9,13H,4-6H2,1-3H3,(H,12,16).